The van der Waals surface area contributed by atoms with Gasteiger partial charge in [-0.05, 0) is 31.6 Å². The second-order valence-electron chi connectivity index (χ2n) is 3.85. The van der Waals surface area contributed by atoms with Gasteiger partial charge >= 0.3 is 0 Å². The van der Waals surface area contributed by atoms with Crippen LogP contribution in [-0.2, 0) is 4.79 Å². The summed E-state index contributed by atoms with van der Waals surface area (Å²) in [5.74, 6) is 0.963. The van der Waals surface area contributed by atoms with E-state index in [1.165, 1.54) is 12.8 Å². The molecule has 0 aromatic rings. The maximum Gasteiger partial charge on any atom is 0.220 e. The molecule has 66 valence electrons. The van der Waals surface area contributed by atoms with Gasteiger partial charge < -0.3 is 5.32 Å². The fourth-order valence-corrected chi connectivity index (χ4v) is 1.61. The largest absolute Gasteiger partial charge is 0.353 e. The average Bonchev–Trinajstić information content (AvgIpc) is 2.66. The molecule has 0 radical (unpaired) electrons. The molecule has 0 aromatic carbocycles. The quantitative estimate of drug-likeness (QED) is 0.633. The molecule has 2 aliphatic rings. The zero-order valence-electron chi connectivity index (χ0n) is 7.25. The predicted molar refractivity (Wildman–Crippen MR) is 47.6 cm³/mol. The number of carbonyl (C=O) groups excluding carboxylic acids is 1. The van der Waals surface area contributed by atoms with E-state index in [4.69, 9.17) is 0 Å². The lowest BCUT2D eigenvalue weighted by Gasteiger charge is -2.11. The van der Waals surface area contributed by atoms with Crippen LogP contribution in [0, 0.1) is 5.92 Å². The summed E-state index contributed by atoms with van der Waals surface area (Å²) in [4.78, 5) is 11.3. The third kappa shape index (κ3) is 2.10. The minimum atomic E-state index is 0.256. The zero-order chi connectivity index (χ0) is 8.39. The van der Waals surface area contributed by atoms with Gasteiger partial charge in [0.05, 0.1) is 0 Å². The monoisotopic (exact) mass is 165 g/mol. The van der Waals surface area contributed by atoms with Crippen LogP contribution < -0.4 is 5.32 Å². The number of hydrogen-bond acceptors (Lipinski definition) is 1. The number of hydrogen-bond donors (Lipinski definition) is 1. The lowest BCUT2D eigenvalue weighted by atomic mass is 10.2. The maximum atomic E-state index is 11.3. The number of nitrogens with one attached hydrogen (secondary N) is 1. The molecule has 2 aliphatic carbocycles. The summed E-state index contributed by atoms with van der Waals surface area (Å²) >= 11 is 0. The molecule has 0 aliphatic heterocycles. The molecule has 2 rings (SSSR count). The van der Waals surface area contributed by atoms with Crippen molar-refractivity contribution in [1.82, 2.24) is 5.32 Å². The van der Waals surface area contributed by atoms with Crippen LogP contribution in [0.1, 0.15) is 32.1 Å². The molecule has 2 nitrogen and oxygen atoms in total. The Bertz CT molecular complexity index is 198. The minimum Gasteiger partial charge on any atom is -0.353 e. The van der Waals surface area contributed by atoms with Gasteiger partial charge in [0.2, 0.25) is 5.91 Å². The summed E-state index contributed by atoms with van der Waals surface area (Å²) in [6.07, 6.45) is 9.61. The van der Waals surface area contributed by atoms with E-state index in [9.17, 15) is 4.79 Å². The molecule has 1 N–H and O–H groups in total. The van der Waals surface area contributed by atoms with E-state index >= 15 is 0 Å². The molecule has 0 atom stereocenters. The van der Waals surface area contributed by atoms with Gasteiger partial charge in [0, 0.05) is 12.5 Å². The van der Waals surface area contributed by atoms with Gasteiger partial charge in [-0.1, -0.05) is 12.2 Å². The second kappa shape index (κ2) is 3.30. The first kappa shape index (κ1) is 7.84. The average molecular weight is 165 g/mol. The molecule has 2 heteroatoms. The van der Waals surface area contributed by atoms with E-state index in [0.717, 1.165) is 19.3 Å². The van der Waals surface area contributed by atoms with Crippen molar-refractivity contribution >= 4 is 5.91 Å². The predicted octanol–water partition coefficient (Wildman–Crippen LogP) is 1.62. The second-order valence-corrected chi connectivity index (χ2v) is 3.85. The van der Waals surface area contributed by atoms with Crippen LogP contribution in [-0.4, -0.2) is 11.9 Å². The van der Waals surface area contributed by atoms with E-state index in [1.54, 1.807) is 0 Å². The van der Waals surface area contributed by atoms with Crippen LogP contribution in [0.5, 0.6) is 0 Å². The molecule has 1 saturated carbocycles. The third-order valence-electron chi connectivity index (χ3n) is 2.54. The van der Waals surface area contributed by atoms with Crippen LogP contribution >= 0.6 is 0 Å². The molecule has 1 amide bonds. The van der Waals surface area contributed by atoms with Gasteiger partial charge in [-0.15, -0.1) is 0 Å². The summed E-state index contributed by atoms with van der Waals surface area (Å²) in [5.41, 5.74) is 0. The Kier molecular flexibility index (Phi) is 2.15. The van der Waals surface area contributed by atoms with Crippen LogP contribution in [0.4, 0.5) is 0 Å². The van der Waals surface area contributed by atoms with E-state index < -0.39 is 0 Å². The number of carbonyl (C=O) groups is 1. The highest BCUT2D eigenvalue weighted by Crippen LogP contribution is 2.32. The molecule has 0 heterocycles. The fraction of sp³-hybridized carbons (Fsp3) is 0.700. The van der Waals surface area contributed by atoms with Gasteiger partial charge in [0.15, 0.2) is 0 Å². The van der Waals surface area contributed by atoms with E-state index in [2.05, 4.69) is 17.5 Å². The van der Waals surface area contributed by atoms with Crippen molar-refractivity contribution in [3.8, 4) is 0 Å². The third-order valence-corrected chi connectivity index (χ3v) is 2.54. The fourth-order valence-electron chi connectivity index (χ4n) is 1.61. The van der Waals surface area contributed by atoms with Crippen molar-refractivity contribution < 1.29 is 4.79 Å². The van der Waals surface area contributed by atoms with Crippen molar-refractivity contribution in [2.24, 2.45) is 5.92 Å². The highest BCUT2D eigenvalue weighted by atomic mass is 16.1. The molecule has 1 fully saturated rings. The van der Waals surface area contributed by atoms with Gasteiger partial charge in [-0.3, -0.25) is 4.79 Å². The molecule has 0 unspecified atom stereocenters. The summed E-state index contributed by atoms with van der Waals surface area (Å²) in [5, 5.41) is 3.05. The Hall–Kier alpha value is -0.790. The van der Waals surface area contributed by atoms with Crippen molar-refractivity contribution in [3.05, 3.63) is 12.2 Å². The maximum absolute atomic E-state index is 11.3. The molecule has 0 spiro atoms. The first-order valence-electron chi connectivity index (χ1n) is 4.79. The standard InChI is InChI=1S/C10H15NO/c12-10(7-8-5-6-8)11-9-3-1-2-4-9/h1-2,8-9H,3-7H2,(H,11,12). The Balaban J connectivity index is 1.67. The summed E-state index contributed by atoms with van der Waals surface area (Å²) in [6, 6.07) is 0.399. The van der Waals surface area contributed by atoms with Crippen LogP contribution in [0.25, 0.3) is 0 Å². The Morgan fingerprint density at radius 3 is 2.58 bits per heavy atom. The van der Waals surface area contributed by atoms with Crippen molar-refractivity contribution in [1.29, 1.82) is 0 Å². The van der Waals surface area contributed by atoms with E-state index in [-0.39, 0.29) is 5.91 Å². The lowest BCUT2D eigenvalue weighted by Crippen LogP contribution is -2.32. The van der Waals surface area contributed by atoms with Gasteiger partial charge in [0.25, 0.3) is 0 Å². The molecule has 0 aromatic heterocycles. The van der Waals surface area contributed by atoms with Crippen LogP contribution in [0.15, 0.2) is 12.2 Å². The molecular formula is C10H15NO. The first-order chi connectivity index (χ1) is 5.84. The van der Waals surface area contributed by atoms with E-state index in [1.807, 2.05) is 0 Å². The Labute approximate surface area is 73.0 Å². The molecular weight excluding hydrogens is 150 g/mol. The summed E-state index contributed by atoms with van der Waals surface area (Å²) in [6.45, 7) is 0. The molecule has 0 saturated heterocycles. The Morgan fingerprint density at radius 2 is 2.00 bits per heavy atom. The zero-order valence-corrected chi connectivity index (χ0v) is 7.25. The van der Waals surface area contributed by atoms with Gasteiger partial charge in [-0.25, -0.2) is 0 Å². The summed E-state index contributed by atoms with van der Waals surface area (Å²) < 4.78 is 0. The topological polar surface area (TPSA) is 29.1 Å². The number of amides is 1. The van der Waals surface area contributed by atoms with Crippen molar-refractivity contribution in [2.75, 3.05) is 0 Å². The number of rotatable bonds is 3. The van der Waals surface area contributed by atoms with Crippen LogP contribution in [0.2, 0.25) is 0 Å². The highest BCUT2D eigenvalue weighted by Gasteiger charge is 2.25. The van der Waals surface area contributed by atoms with Gasteiger partial charge in [-0.2, -0.15) is 0 Å². The minimum absolute atomic E-state index is 0.256. The van der Waals surface area contributed by atoms with Crippen molar-refractivity contribution in [2.45, 2.75) is 38.1 Å². The SMILES string of the molecule is O=C(CC1CC1)NC1CC=CC1. The van der Waals surface area contributed by atoms with Crippen LogP contribution in [0.3, 0.4) is 0 Å². The highest BCUT2D eigenvalue weighted by molar-refractivity contribution is 5.76. The smallest absolute Gasteiger partial charge is 0.220 e. The van der Waals surface area contributed by atoms with Crippen molar-refractivity contribution in [3.63, 3.8) is 0 Å². The molecule has 12 heavy (non-hydrogen) atoms. The first-order valence-corrected chi connectivity index (χ1v) is 4.79. The van der Waals surface area contributed by atoms with E-state index in [0.29, 0.717) is 12.0 Å². The normalized spacial score (nSPS) is 23.0. The molecule has 0 bridgehead atoms. The summed E-state index contributed by atoms with van der Waals surface area (Å²) in [7, 11) is 0. The Morgan fingerprint density at radius 1 is 1.33 bits per heavy atom. The lowest BCUT2D eigenvalue weighted by molar-refractivity contribution is -0.122. The van der Waals surface area contributed by atoms with Gasteiger partial charge in [0.1, 0.15) is 0 Å².